The fraction of sp³-hybridized carbons (Fsp3) is 0.583. The number of carbonyl (C=O) groups excluding carboxylic acids is 1. The minimum atomic E-state index is 0.227. The van der Waals surface area contributed by atoms with Gasteiger partial charge in [-0.2, -0.15) is 0 Å². The van der Waals surface area contributed by atoms with Gasteiger partial charge in [-0.1, -0.05) is 6.07 Å². The van der Waals surface area contributed by atoms with Crippen molar-refractivity contribution in [2.75, 3.05) is 20.1 Å². The van der Waals surface area contributed by atoms with E-state index in [1.165, 1.54) is 4.88 Å². The van der Waals surface area contributed by atoms with Crippen molar-refractivity contribution in [2.24, 2.45) is 5.73 Å². The van der Waals surface area contributed by atoms with Crippen molar-refractivity contribution in [2.45, 2.75) is 25.7 Å². The molecule has 0 saturated heterocycles. The molecule has 16 heavy (non-hydrogen) atoms. The summed E-state index contributed by atoms with van der Waals surface area (Å²) >= 11 is 1.76. The molecule has 90 valence electrons. The van der Waals surface area contributed by atoms with E-state index < -0.39 is 0 Å². The molecule has 3 nitrogen and oxygen atoms in total. The van der Waals surface area contributed by atoms with Crippen molar-refractivity contribution >= 4 is 17.2 Å². The van der Waals surface area contributed by atoms with Crippen LogP contribution >= 0.6 is 11.3 Å². The number of nitrogens with zero attached hydrogens (tertiary/aromatic N) is 1. The Hall–Kier alpha value is -0.870. The largest absolute Gasteiger partial charge is 0.346 e. The predicted molar refractivity (Wildman–Crippen MR) is 68.6 cm³/mol. The first kappa shape index (κ1) is 13.2. The third kappa shape index (κ3) is 4.77. The molecule has 1 aromatic heterocycles. The summed E-state index contributed by atoms with van der Waals surface area (Å²) in [6.07, 6.45) is 3.46. The molecular formula is C12H20N2OS. The van der Waals surface area contributed by atoms with Gasteiger partial charge in [-0.05, 0) is 37.3 Å². The van der Waals surface area contributed by atoms with Gasteiger partial charge in [-0.3, -0.25) is 4.79 Å². The van der Waals surface area contributed by atoms with E-state index in [2.05, 4.69) is 17.5 Å². The molecule has 1 amide bonds. The lowest BCUT2D eigenvalue weighted by atomic mass is 10.2. The molecule has 1 aromatic rings. The van der Waals surface area contributed by atoms with Gasteiger partial charge < -0.3 is 10.6 Å². The Morgan fingerprint density at radius 3 is 2.94 bits per heavy atom. The van der Waals surface area contributed by atoms with Crippen LogP contribution in [-0.4, -0.2) is 30.9 Å². The monoisotopic (exact) mass is 240 g/mol. The first-order chi connectivity index (χ1) is 7.74. The van der Waals surface area contributed by atoms with Crippen molar-refractivity contribution in [3.8, 4) is 0 Å². The third-order valence-electron chi connectivity index (χ3n) is 2.52. The van der Waals surface area contributed by atoms with Crippen LogP contribution in [0.25, 0.3) is 0 Å². The summed E-state index contributed by atoms with van der Waals surface area (Å²) in [6.45, 7) is 1.42. The van der Waals surface area contributed by atoms with Crippen molar-refractivity contribution in [3.05, 3.63) is 22.4 Å². The van der Waals surface area contributed by atoms with Gasteiger partial charge in [0.25, 0.3) is 0 Å². The average molecular weight is 240 g/mol. The summed E-state index contributed by atoms with van der Waals surface area (Å²) in [6, 6.07) is 4.17. The van der Waals surface area contributed by atoms with Gasteiger partial charge in [-0.15, -0.1) is 11.3 Å². The molecule has 0 radical (unpaired) electrons. The van der Waals surface area contributed by atoms with Gasteiger partial charge in [0.05, 0.1) is 0 Å². The van der Waals surface area contributed by atoms with Crippen molar-refractivity contribution in [1.82, 2.24) is 4.90 Å². The number of nitrogens with two attached hydrogens (primary N) is 1. The summed E-state index contributed by atoms with van der Waals surface area (Å²) in [5.74, 6) is 0.227. The second kappa shape index (κ2) is 7.41. The minimum Gasteiger partial charge on any atom is -0.346 e. The summed E-state index contributed by atoms with van der Waals surface area (Å²) in [4.78, 5) is 14.8. The van der Waals surface area contributed by atoms with Crippen LogP contribution in [0.4, 0.5) is 0 Å². The second-order valence-electron chi connectivity index (χ2n) is 3.89. The van der Waals surface area contributed by atoms with Crippen molar-refractivity contribution in [1.29, 1.82) is 0 Å². The molecule has 0 spiro atoms. The normalized spacial score (nSPS) is 10.4. The zero-order chi connectivity index (χ0) is 11.8. The van der Waals surface area contributed by atoms with Gasteiger partial charge in [0.2, 0.25) is 5.91 Å². The lowest BCUT2D eigenvalue weighted by Crippen LogP contribution is -2.28. The van der Waals surface area contributed by atoms with Crippen LogP contribution in [-0.2, 0) is 11.2 Å². The van der Waals surface area contributed by atoms with Gasteiger partial charge in [0, 0.05) is 24.9 Å². The van der Waals surface area contributed by atoms with Crippen LogP contribution < -0.4 is 5.73 Å². The predicted octanol–water partition coefficient (Wildman–Crippen LogP) is 1.88. The molecular weight excluding hydrogens is 220 g/mol. The molecule has 0 aliphatic heterocycles. The fourth-order valence-electron chi connectivity index (χ4n) is 1.51. The molecule has 0 fully saturated rings. The van der Waals surface area contributed by atoms with E-state index in [-0.39, 0.29) is 5.91 Å². The van der Waals surface area contributed by atoms with Crippen LogP contribution in [0.2, 0.25) is 0 Å². The summed E-state index contributed by atoms with van der Waals surface area (Å²) in [7, 11) is 1.85. The third-order valence-corrected chi connectivity index (χ3v) is 3.45. The van der Waals surface area contributed by atoms with Crippen LogP contribution in [0.3, 0.4) is 0 Å². The van der Waals surface area contributed by atoms with Crippen molar-refractivity contribution in [3.63, 3.8) is 0 Å². The number of carbonyl (C=O) groups is 1. The molecule has 2 N–H and O–H groups in total. The van der Waals surface area contributed by atoms with E-state index in [1.807, 2.05) is 7.05 Å². The Labute approximate surface area is 101 Å². The molecule has 0 unspecified atom stereocenters. The minimum absolute atomic E-state index is 0.227. The van der Waals surface area contributed by atoms with Gasteiger partial charge in [0.15, 0.2) is 0 Å². The maximum atomic E-state index is 11.7. The lowest BCUT2D eigenvalue weighted by Gasteiger charge is -2.16. The highest BCUT2D eigenvalue weighted by atomic mass is 32.1. The van der Waals surface area contributed by atoms with E-state index in [4.69, 9.17) is 5.73 Å². The summed E-state index contributed by atoms with van der Waals surface area (Å²) < 4.78 is 0. The Balaban J connectivity index is 2.14. The van der Waals surface area contributed by atoms with Gasteiger partial charge >= 0.3 is 0 Å². The Bertz CT molecular complexity index is 298. The zero-order valence-corrected chi connectivity index (χ0v) is 10.6. The number of rotatable bonds is 7. The molecule has 0 atom stereocenters. The van der Waals surface area contributed by atoms with E-state index in [1.54, 1.807) is 16.2 Å². The van der Waals surface area contributed by atoms with E-state index in [9.17, 15) is 4.79 Å². The smallest absolute Gasteiger partial charge is 0.222 e. The molecule has 1 heterocycles. The van der Waals surface area contributed by atoms with Gasteiger partial charge in [0.1, 0.15) is 0 Å². The maximum absolute atomic E-state index is 11.7. The van der Waals surface area contributed by atoms with Crippen LogP contribution in [0.5, 0.6) is 0 Å². The number of hydrogen-bond acceptors (Lipinski definition) is 3. The highest BCUT2D eigenvalue weighted by Gasteiger charge is 2.07. The van der Waals surface area contributed by atoms with E-state index in [0.29, 0.717) is 13.0 Å². The number of amides is 1. The Morgan fingerprint density at radius 1 is 1.50 bits per heavy atom. The summed E-state index contributed by atoms with van der Waals surface area (Å²) in [5, 5.41) is 2.07. The van der Waals surface area contributed by atoms with Crippen LogP contribution in [0, 0.1) is 0 Å². The topological polar surface area (TPSA) is 46.3 Å². The number of hydrogen-bond donors (Lipinski definition) is 1. The zero-order valence-electron chi connectivity index (χ0n) is 9.82. The maximum Gasteiger partial charge on any atom is 0.222 e. The van der Waals surface area contributed by atoms with Gasteiger partial charge in [-0.25, -0.2) is 0 Å². The molecule has 1 rings (SSSR count). The fourth-order valence-corrected chi connectivity index (χ4v) is 2.26. The highest BCUT2D eigenvalue weighted by molar-refractivity contribution is 7.09. The quantitative estimate of drug-likeness (QED) is 0.791. The molecule has 0 bridgehead atoms. The molecule has 4 heteroatoms. The van der Waals surface area contributed by atoms with E-state index in [0.717, 1.165) is 25.8 Å². The molecule has 0 aliphatic rings. The molecule has 0 saturated carbocycles. The Morgan fingerprint density at radius 2 is 2.31 bits per heavy atom. The first-order valence-corrected chi connectivity index (χ1v) is 6.58. The SMILES string of the molecule is CN(CCCN)C(=O)CCCc1cccs1. The van der Waals surface area contributed by atoms with Crippen LogP contribution in [0.1, 0.15) is 24.1 Å². The highest BCUT2D eigenvalue weighted by Crippen LogP contribution is 2.12. The lowest BCUT2D eigenvalue weighted by molar-refractivity contribution is -0.130. The first-order valence-electron chi connectivity index (χ1n) is 5.70. The van der Waals surface area contributed by atoms with Crippen molar-refractivity contribution < 1.29 is 4.79 Å². The van der Waals surface area contributed by atoms with E-state index >= 15 is 0 Å². The van der Waals surface area contributed by atoms with Crippen LogP contribution in [0.15, 0.2) is 17.5 Å². The molecule has 0 aliphatic carbocycles. The standard InChI is InChI=1S/C12H20N2OS/c1-14(9-4-8-13)12(15)7-2-5-11-6-3-10-16-11/h3,6,10H,2,4-5,7-9,13H2,1H3. The number of aryl methyl sites for hydroxylation is 1. The molecule has 0 aromatic carbocycles. The summed E-state index contributed by atoms with van der Waals surface area (Å²) in [5.41, 5.74) is 5.40. The number of thiophene rings is 1. The average Bonchev–Trinajstić information content (AvgIpc) is 2.78. The Kier molecular flexibility index (Phi) is 6.11. The second-order valence-corrected chi connectivity index (χ2v) is 4.92.